The minimum Gasteiger partial charge on any atom is -0.481 e. The maximum atomic E-state index is 11.6. The zero-order valence-electron chi connectivity index (χ0n) is 11.8. The summed E-state index contributed by atoms with van der Waals surface area (Å²) >= 11 is 0. The molecule has 22 heavy (non-hydrogen) atoms. The van der Waals surface area contributed by atoms with Crippen molar-refractivity contribution in [2.75, 3.05) is 0 Å². The molecule has 1 aromatic rings. The van der Waals surface area contributed by atoms with Crippen molar-refractivity contribution in [1.82, 2.24) is 5.32 Å². The van der Waals surface area contributed by atoms with Crippen LogP contribution in [0.1, 0.15) is 12.0 Å². The molecule has 0 spiro atoms. The molecule has 1 aromatic carbocycles. The van der Waals surface area contributed by atoms with E-state index in [0.29, 0.717) is 0 Å². The van der Waals surface area contributed by atoms with Crippen LogP contribution in [0.3, 0.4) is 0 Å². The number of ether oxygens (including phenoxy) is 1. The van der Waals surface area contributed by atoms with Crippen molar-refractivity contribution in [2.24, 2.45) is 5.92 Å². The summed E-state index contributed by atoms with van der Waals surface area (Å²) in [4.78, 5) is 33.9. The summed E-state index contributed by atoms with van der Waals surface area (Å²) in [6, 6.07) is 7.21. The predicted octanol–water partition coefficient (Wildman–Crippen LogP) is 1.64. The van der Waals surface area contributed by atoms with Gasteiger partial charge in [0.1, 0.15) is 12.6 Å². The van der Waals surface area contributed by atoms with Gasteiger partial charge in [0.15, 0.2) is 0 Å². The molecule has 118 valence electrons. The zero-order valence-corrected chi connectivity index (χ0v) is 11.8. The third kappa shape index (κ3) is 5.28. The number of rotatable bonds is 8. The number of allylic oxidation sites excluding steroid dienone is 1. The lowest BCUT2D eigenvalue weighted by Gasteiger charge is -2.20. The summed E-state index contributed by atoms with van der Waals surface area (Å²) in [7, 11) is 0. The lowest BCUT2D eigenvalue weighted by Crippen LogP contribution is -2.48. The van der Waals surface area contributed by atoms with Gasteiger partial charge in [-0.25, -0.2) is 9.59 Å². The number of nitrogens with one attached hydrogen (secondary N) is 1. The Hall–Kier alpha value is -2.83. The van der Waals surface area contributed by atoms with Crippen LogP contribution in [0.25, 0.3) is 0 Å². The number of carbonyl (C=O) groups excluding carboxylic acids is 1. The molecule has 0 saturated heterocycles. The largest absolute Gasteiger partial charge is 0.481 e. The maximum absolute atomic E-state index is 11.6. The minimum atomic E-state index is -1.60. The zero-order chi connectivity index (χ0) is 16.5. The summed E-state index contributed by atoms with van der Waals surface area (Å²) in [6.45, 7) is 3.34. The van der Waals surface area contributed by atoms with Crippen molar-refractivity contribution < 1.29 is 29.3 Å². The molecule has 0 saturated carbocycles. The second-order valence-corrected chi connectivity index (χ2v) is 4.49. The summed E-state index contributed by atoms with van der Waals surface area (Å²) in [5.41, 5.74) is 0.727. The average molecular weight is 307 g/mol. The lowest BCUT2D eigenvalue weighted by atomic mass is 9.96. The number of benzene rings is 1. The first kappa shape index (κ1) is 17.2. The van der Waals surface area contributed by atoms with Crippen LogP contribution in [0.4, 0.5) is 4.79 Å². The van der Waals surface area contributed by atoms with Gasteiger partial charge in [0.2, 0.25) is 0 Å². The smallest absolute Gasteiger partial charge is 0.408 e. The first-order valence-electron chi connectivity index (χ1n) is 6.49. The first-order chi connectivity index (χ1) is 10.5. The van der Waals surface area contributed by atoms with Gasteiger partial charge in [-0.2, -0.15) is 0 Å². The highest BCUT2D eigenvalue weighted by molar-refractivity contribution is 5.86. The van der Waals surface area contributed by atoms with E-state index in [0.717, 1.165) is 5.56 Å². The van der Waals surface area contributed by atoms with Crippen LogP contribution in [0, 0.1) is 5.92 Å². The highest BCUT2D eigenvalue weighted by atomic mass is 16.5. The molecule has 0 unspecified atom stereocenters. The van der Waals surface area contributed by atoms with Crippen LogP contribution >= 0.6 is 0 Å². The van der Waals surface area contributed by atoms with Crippen molar-refractivity contribution >= 4 is 18.0 Å². The average Bonchev–Trinajstić information content (AvgIpc) is 2.49. The second kappa shape index (κ2) is 8.46. The molecule has 1 amide bonds. The summed E-state index contributed by atoms with van der Waals surface area (Å²) in [6.07, 6.45) is 0.198. The molecule has 7 nitrogen and oxygen atoms in total. The molecular formula is C15H17NO6. The Kier molecular flexibility index (Phi) is 6.62. The lowest BCUT2D eigenvalue weighted by molar-refractivity contribution is -0.150. The first-order valence-corrected chi connectivity index (χ1v) is 6.49. The third-order valence-electron chi connectivity index (χ3n) is 2.89. The number of alkyl carbamates (subject to hydrolysis) is 1. The van der Waals surface area contributed by atoms with Gasteiger partial charge in [0.25, 0.3) is 0 Å². The van der Waals surface area contributed by atoms with E-state index in [1.165, 1.54) is 6.08 Å². The number of aliphatic carboxylic acids is 2. The Morgan fingerprint density at radius 2 is 1.82 bits per heavy atom. The van der Waals surface area contributed by atoms with Gasteiger partial charge in [-0.05, 0) is 12.0 Å². The quantitative estimate of drug-likeness (QED) is 0.629. The second-order valence-electron chi connectivity index (χ2n) is 4.49. The van der Waals surface area contributed by atoms with Crippen LogP contribution in [-0.2, 0) is 20.9 Å². The number of carboxylic acids is 2. The van der Waals surface area contributed by atoms with Crippen LogP contribution in [0.2, 0.25) is 0 Å². The number of amides is 1. The molecule has 0 fully saturated rings. The van der Waals surface area contributed by atoms with Gasteiger partial charge < -0.3 is 20.3 Å². The van der Waals surface area contributed by atoms with Crippen molar-refractivity contribution in [3.63, 3.8) is 0 Å². The molecule has 0 aliphatic rings. The van der Waals surface area contributed by atoms with Gasteiger partial charge in [-0.3, -0.25) is 4.79 Å². The highest BCUT2D eigenvalue weighted by Gasteiger charge is 2.34. The summed E-state index contributed by atoms with van der Waals surface area (Å²) in [5.74, 6) is -4.11. The summed E-state index contributed by atoms with van der Waals surface area (Å²) in [5, 5.41) is 20.2. The Labute approximate surface area is 127 Å². The third-order valence-corrected chi connectivity index (χ3v) is 2.89. The molecular weight excluding hydrogens is 290 g/mol. The number of hydrogen-bond acceptors (Lipinski definition) is 4. The standard InChI is InChI=1S/C15H17NO6/c1-2-6-11(13(17)18)12(14(19)20)16-15(21)22-9-10-7-4-3-5-8-10/h2-5,7-8,11-12H,1,6,9H2,(H,16,21)(H,17,18)(H,19,20)/t11-,12-/m0/s1. The fraction of sp³-hybridized carbons (Fsp3) is 0.267. The van der Waals surface area contributed by atoms with E-state index in [9.17, 15) is 14.4 Å². The van der Waals surface area contributed by atoms with Crippen molar-refractivity contribution in [3.05, 3.63) is 48.6 Å². The topological polar surface area (TPSA) is 113 Å². The number of carboxylic acid groups (broad SMARTS) is 2. The fourth-order valence-corrected chi connectivity index (χ4v) is 1.79. The Morgan fingerprint density at radius 3 is 2.32 bits per heavy atom. The molecule has 3 N–H and O–H groups in total. The maximum Gasteiger partial charge on any atom is 0.408 e. The Morgan fingerprint density at radius 1 is 1.18 bits per heavy atom. The summed E-state index contributed by atoms with van der Waals surface area (Å²) < 4.78 is 4.88. The molecule has 0 aliphatic carbocycles. The SMILES string of the molecule is C=CC[C@H](C(=O)O)[C@H](NC(=O)OCc1ccccc1)C(=O)O. The minimum absolute atomic E-state index is 0.0434. The van der Waals surface area contributed by atoms with E-state index in [4.69, 9.17) is 14.9 Å². The molecule has 1 rings (SSSR count). The molecule has 7 heteroatoms. The molecule has 0 aliphatic heterocycles. The normalized spacial score (nSPS) is 12.7. The molecule has 0 radical (unpaired) electrons. The van der Waals surface area contributed by atoms with Crippen LogP contribution in [0.5, 0.6) is 0 Å². The Balaban J connectivity index is 2.65. The Bertz CT molecular complexity index is 542. The van der Waals surface area contributed by atoms with E-state index >= 15 is 0 Å². The monoisotopic (exact) mass is 307 g/mol. The van der Waals surface area contributed by atoms with Gasteiger partial charge >= 0.3 is 18.0 Å². The van der Waals surface area contributed by atoms with E-state index < -0.39 is 30.0 Å². The van der Waals surface area contributed by atoms with Crippen LogP contribution in [0.15, 0.2) is 43.0 Å². The molecule has 0 aromatic heterocycles. The van der Waals surface area contributed by atoms with Crippen molar-refractivity contribution in [1.29, 1.82) is 0 Å². The molecule has 2 atom stereocenters. The van der Waals surface area contributed by atoms with Crippen LogP contribution in [-0.4, -0.2) is 34.3 Å². The van der Waals surface area contributed by atoms with Gasteiger partial charge in [-0.15, -0.1) is 6.58 Å². The van der Waals surface area contributed by atoms with E-state index in [-0.39, 0.29) is 13.0 Å². The van der Waals surface area contributed by atoms with E-state index in [1.807, 2.05) is 0 Å². The molecule has 0 bridgehead atoms. The molecule has 0 heterocycles. The van der Waals surface area contributed by atoms with Crippen molar-refractivity contribution in [2.45, 2.75) is 19.1 Å². The predicted molar refractivity (Wildman–Crippen MR) is 77.1 cm³/mol. The van der Waals surface area contributed by atoms with E-state index in [1.54, 1.807) is 30.3 Å². The van der Waals surface area contributed by atoms with E-state index in [2.05, 4.69) is 11.9 Å². The van der Waals surface area contributed by atoms with Crippen molar-refractivity contribution in [3.8, 4) is 0 Å². The number of hydrogen-bond donors (Lipinski definition) is 3. The van der Waals surface area contributed by atoms with Gasteiger partial charge in [0.05, 0.1) is 5.92 Å². The highest BCUT2D eigenvalue weighted by Crippen LogP contribution is 2.11. The van der Waals surface area contributed by atoms with Gasteiger partial charge in [-0.1, -0.05) is 36.4 Å². The number of carbonyl (C=O) groups is 3. The van der Waals surface area contributed by atoms with Crippen LogP contribution < -0.4 is 5.32 Å². The van der Waals surface area contributed by atoms with Gasteiger partial charge in [0, 0.05) is 0 Å². The fourth-order valence-electron chi connectivity index (χ4n) is 1.79.